The van der Waals surface area contributed by atoms with E-state index in [-0.39, 0.29) is 52.8 Å². The molecule has 0 aromatic carbocycles. The van der Waals surface area contributed by atoms with Gasteiger partial charge >= 0.3 is 57.4 Å². The smallest absolute Gasteiger partial charge is 1.00 e. The Bertz CT molecular complexity index is 65.5. The van der Waals surface area contributed by atoms with Crippen molar-refractivity contribution in [2.45, 2.75) is 13.0 Å². The van der Waals surface area contributed by atoms with Crippen molar-refractivity contribution in [3.63, 3.8) is 0 Å². The second-order valence-electron chi connectivity index (χ2n) is 1.01. The molecule has 0 saturated heterocycles. The van der Waals surface area contributed by atoms with Crippen LogP contribution in [-0.4, -0.2) is 22.3 Å². The minimum atomic E-state index is -1.23. The van der Waals surface area contributed by atoms with Gasteiger partial charge in [0.1, 0.15) is 6.10 Å². The number of aliphatic carboxylic acids is 1. The molecule has 0 radical (unpaired) electrons. The second-order valence-corrected chi connectivity index (χ2v) is 1.01. The molecule has 0 spiro atoms. The molecule has 1 atom stereocenters. The van der Waals surface area contributed by atoms with Crippen LogP contribution in [0, 0.1) is 0 Å². The summed E-state index contributed by atoms with van der Waals surface area (Å²) in [6.07, 6.45) is -1.23. The van der Waals surface area contributed by atoms with Gasteiger partial charge in [-0.15, -0.1) is 0 Å². The van der Waals surface area contributed by atoms with Gasteiger partial charge in [-0.25, -0.2) is 4.79 Å². The normalized spacial score (nSPS) is 11.7. The molecule has 1 unspecified atom stereocenters. The zero-order valence-corrected chi connectivity index (χ0v) is 7.50. The molecule has 4 heteroatoms. The Hall–Kier alpha value is 1.07. The summed E-state index contributed by atoms with van der Waals surface area (Å²) >= 11 is 0. The summed E-state index contributed by atoms with van der Waals surface area (Å²) in [6.45, 7) is 1.20. The average Bonchev–Trinajstić information content (AvgIpc) is 1.36. The molecule has 0 aliphatic rings. The van der Waals surface area contributed by atoms with Gasteiger partial charge in [-0.05, 0) is 6.92 Å². The van der Waals surface area contributed by atoms with Gasteiger partial charge < -0.3 is 11.6 Å². The summed E-state index contributed by atoms with van der Waals surface area (Å²) < 4.78 is 0. The minimum absolute atomic E-state index is 0. The van der Waals surface area contributed by atoms with Crippen molar-refractivity contribution in [2.24, 2.45) is 0 Å². The van der Waals surface area contributed by atoms with Crippen molar-refractivity contribution in [3.8, 4) is 0 Å². The van der Waals surface area contributed by atoms with E-state index < -0.39 is 12.1 Å². The fourth-order valence-corrected chi connectivity index (χ4v) is 0. The Morgan fingerprint density at radius 2 is 2.00 bits per heavy atom. The number of aliphatic hydroxyl groups excluding tert-OH is 1. The summed E-state index contributed by atoms with van der Waals surface area (Å²) in [7, 11) is 0. The third-order valence-electron chi connectivity index (χ3n) is 0.357. The standard InChI is InChI=1S/C3H6O3.K.H/c1-2(4)3(5)6;;/h2,4H,1H3,(H,5,6);;/q;+1;-1. The molecule has 0 fully saturated rings. The van der Waals surface area contributed by atoms with Gasteiger partial charge in [-0.3, -0.25) is 0 Å². The molecule has 0 saturated carbocycles. The van der Waals surface area contributed by atoms with E-state index in [9.17, 15) is 4.79 Å². The molecule has 0 rings (SSSR count). The third-order valence-corrected chi connectivity index (χ3v) is 0.357. The first-order valence-electron chi connectivity index (χ1n) is 1.55. The Morgan fingerprint density at radius 3 is 2.00 bits per heavy atom. The molecule has 0 aliphatic carbocycles. The summed E-state index contributed by atoms with van der Waals surface area (Å²) in [5, 5.41) is 15.8. The molecule has 38 valence electrons. The molecule has 0 amide bonds. The number of hydrogen-bond acceptors (Lipinski definition) is 2. The van der Waals surface area contributed by atoms with Gasteiger partial charge in [-0.1, -0.05) is 0 Å². The fraction of sp³-hybridized carbons (Fsp3) is 0.667. The first-order valence-corrected chi connectivity index (χ1v) is 1.55. The molecule has 0 aromatic rings. The van der Waals surface area contributed by atoms with Crippen molar-refractivity contribution < 1.29 is 67.8 Å². The van der Waals surface area contributed by atoms with Gasteiger partial charge in [0.05, 0.1) is 0 Å². The summed E-state index contributed by atoms with van der Waals surface area (Å²) in [5.41, 5.74) is 0. The maximum Gasteiger partial charge on any atom is 1.00 e. The van der Waals surface area contributed by atoms with E-state index in [1.165, 1.54) is 6.92 Å². The van der Waals surface area contributed by atoms with E-state index >= 15 is 0 Å². The molecule has 0 bridgehead atoms. The van der Waals surface area contributed by atoms with Crippen LogP contribution in [-0.2, 0) is 4.79 Å². The average molecular weight is 130 g/mol. The zero-order valence-electron chi connectivity index (χ0n) is 5.38. The van der Waals surface area contributed by atoms with Crippen molar-refractivity contribution in [1.82, 2.24) is 0 Å². The van der Waals surface area contributed by atoms with E-state index in [1.54, 1.807) is 0 Å². The van der Waals surface area contributed by atoms with Crippen LogP contribution >= 0.6 is 0 Å². The van der Waals surface area contributed by atoms with Gasteiger partial charge in [0.15, 0.2) is 0 Å². The van der Waals surface area contributed by atoms with Crippen molar-refractivity contribution in [3.05, 3.63) is 0 Å². The monoisotopic (exact) mass is 130 g/mol. The number of carboxylic acids is 1. The molecular weight excluding hydrogens is 123 g/mol. The predicted molar refractivity (Wildman–Crippen MR) is 20.4 cm³/mol. The summed E-state index contributed by atoms with van der Waals surface area (Å²) in [6, 6.07) is 0. The second kappa shape index (κ2) is 5.21. The Labute approximate surface area is 85.6 Å². The van der Waals surface area contributed by atoms with E-state index in [2.05, 4.69) is 0 Å². The van der Waals surface area contributed by atoms with Crippen molar-refractivity contribution in [2.75, 3.05) is 0 Å². The van der Waals surface area contributed by atoms with Crippen LogP contribution in [0.15, 0.2) is 0 Å². The molecular formula is C3H7KO3. The van der Waals surface area contributed by atoms with Crippen molar-refractivity contribution in [1.29, 1.82) is 0 Å². The van der Waals surface area contributed by atoms with Crippen LogP contribution in [0.25, 0.3) is 0 Å². The fourth-order valence-electron chi connectivity index (χ4n) is 0. The number of aliphatic hydroxyl groups is 1. The number of hydrogen-bond donors (Lipinski definition) is 2. The first kappa shape index (κ1) is 10.9. The Kier molecular flexibility index (Phi) is 8.14. The van der Waals surface area contributed by atoms with Gasteiger partial charge in [0.2, 0.25) is 0 Å². The molecule has 0 aliphatic heterocycles. The van der Waals surface area contributed by atoms with E-state index in [4.69, 9.17) is 10.2 Å². The zero-order chi connectivity index (χ0) is 5.15. The molecule has 2 N–H and O–H groups in total. The first-order chi connectivity index (χ1) is 2.64. The van der Waals surface area contributed by atoms with E-state index in [0.717, 1.165) is 0 Å². The van der Waals surface area contributed by atoms with Gasteiger partial charge in [-0.2, -0.15) is 0 Å². The van der Waals surface area contributed by atoms with Crippen LogP contribution < -0.4 is 51.4 Å². The molecule has 0 heterocycles. The topological polar surface area (TPSA) is 57.5 Å². The van der Waals surface area contributed by atoms with E-state index in [1.807, 2.05) is 0 Å². The Balaban J connectivity index is -0.000000125. The number of rotatable bonds is 1. The number of carbonyl (C=O) groups is 1. The molecule has 7 heavy (non-hydrogen) atoms. The third kappa shape index (κ3) is 7.07. The van der Waals surface area contributed by atoms with Crippen molar-refractivity contribution >= 4 is 5.97 Å². The van der Waals surface area contributed by atoms with Crippen LogP contribution in [0.3, 0.4) is 0 Å². The number of carboxylic acid groups (broad SMARTS) is 1. The largest absolute Gasteiger partial charge is 1.00 e. The summed E-state index contributed by atoms with van der Waals surface area (Å²) in [4.78, 5) is 9.45. The maximum atomic E-state index is 9.45. The van der Waals surface area contributed by atoms with Crippen LogP contribution in [0.2, 0.25) is 0 Å². The van der Waals surface area contributed by atoms with Crippen LogP contribution in [0.5, 0.6) is 0 Å². The predicted octanol–water partition coefficient (Wildman–Crippen LogP) is -3.43. The summed E-state index contributed by atoms with van der Waals surface area (Å²) in [5.74, 6) is -1.19. The van der Waals surface area contributed by atoms with Crippen LogP contribution in [0.4, 0.5) is 0 Å². The van der Waals surface area contributed by atoms with Crippen LogP contribution in [0.1, 0.15) is 8.35 Å². The van der Waals surface area contributed by atoms with Gasteiger partial charge in [0, 0.05) is 0 Å². The quantitative estimate of drug-likeness (QED) is 0.363. The maximum absolute atomic E-state index is 9.45. The Morgan fingerprint density at radius 1 is 1.86 bits per heavy atom. The van der Waals surface area contributed by atoms with E-state index in [0.29, 0.717) is 0 Å². The van der Waals surface area contributed by atoms with Gasteiger partial charge in [0.25, 0.3) is 0 Å². The minimum Gasteiger partial charge on any atom is -1.00 e. The molecule has 3 nitrogen and oxygen atoms in total. The molecule has 0 aromatic heterocycles. The SMILES string of the molecule is CC(O)C(=O)O.[H-].[K+].